The van der Waals surface area contributed by atoms with Crippen molar-refractivity contribution in [2.75, 3.05) is 6.54 Å². The summed E-state index contributed by atoms with van der Waals surface area (Å²) in [7, 11) is -2.42. The fourth-order valence-corrected chi connectivity index (χ4v) is 4.71. The van der Waals surface area contributed by atoms with E-state index in [2.05, 4.69) is 19.7 Å². The highest BCUT2D eigenvalue weighted by Crippen LogP contribution is 2.51. The van der Waals surface area contributed by atoms with Crippen LogP contribution in [0.5, 0.6) is 0 Å². The van der Waals surface area contributed by atoms with E-state index >= 15 is 0 Å². The number of carbonyl (C=O) groups excluding carboxylic acids is 2. The highest BCUT2D eigenvalue weighted by Gasteiger charge is 2.63. The van der Waals surface area contributed by atoms with Gasteiger partial charge >= 0.3 is 24.7 Å². The Bertz CT molecular complexity index is 1670. The molecule has 0 aromatic heterocycles. The molecule has 0 saturated heterocycles. The van der Waals surface area contributed by atoms with Crippen molar-refractivity contribution in [1.82, 2.24) is 5.32 Å². The molecule has 21 heteroatoms. The average Bonchev–Trinajstić information content (AvgIpc) is 3.38. The summed E-state index contributed by atoms with van der Waals surface area (Å²) in [5, 5.41) is 5.76. The zero-order valence-corrected chi connectivity index (χ0v) is 23.8. The molecule has 2 aromatic rings. The van der Waals surface area contributed by atoms with E-state index in [9.17, 15) is 66.5 Å². The second-order valence-corrected chi connectivity index (χ2v) is 10.8. The summed E-state index contributed by atoms with van der Waals surface area (Å²) in [6.45, 7) is -1.18. The molecule has 2 aromatic carbocycles. The van der Waals surface area contributed by atoms with Gasteiger partial charge in [-0.1, -0.05) is 28.9 Å². The number of oxime groups is 1. The molecule has 7 nitrogen and oxygen atoms in total. The maximum absolute atomic E-state index is 14.3. The average molecular weight is 718 g/mol. The summed E-state index contributed by atoms with van der Waals surface area (Å²) < 4.78 is 174. The Kier molecular flexibility index (Phi) is 10.5. The second kappa shape index (κ2) is 13.1. The van der Waals surface area contributed by atoms with E-state index in [1.54, 1.807) is 0 Å². The lowest BCUT2D eigenvalue weighted by Gasteiger charge is -2.30. The number of nitrogens with zero attached hydrogens (tertiary/aromatic N) is 2. The number of alkyl halides is 12. The first-order valence-electron chi connectivity index (χ1n) is 12.2. The normalized spacial score (nSPS) is 17.2. The van der Waals surface area contributed by atoms with Crippen molar-refractivity contribution in [1.29, 1.82) is 0 Å². The molecular weight excluding hydrogens is 702 g/mol. The molecule has 1 heterocycles. The molecule has 1 unspecified atom stereocenters. The molecule has 0 radical (unpaired) electrons. The summed E-state index contributed by atoms with van der Waals surface area (Å²) >= 11 is 6.12. The van der Waals surface area contributed by atoms with Crippen LogP contribution in [-0.4, -0.2) is 45.9 Å². The van der Waals surface area contributed by atoms with Crippen molar-refractivity contribution in [3.8, 4) is 0 Å². The Morgan fingerprint density at radius 3 is 2.04 bits per heavy atom. The lowest BCUT2D eigenvalue weighted by Crippen LogP contribution is -2.43. The Hall–Kier alpha value is -3.81. The van der Waals surface area contributed by atoms with Crippen molar-refractivity contribution >= 4 is 44.6 Å². The van der Waals surface area contributed by atoms with Gasteiger partial charge in [-0.05, 0) is 29.8 Å². The maximum Gasteiger partial charge on any atom is 0.450 e. The predicted octanol–water partition coefficient (Wildman–Crippen LogP) is 6.83. The van der Waals surface area contributed by atoms with Crippen LogP contribution in [0.25, 0.3) is 0 Å². The van der Waals surface area contributed by atoms with Crippen molar-refractivity contribution in [2.45, 2.75) is 49.7 Å². The molecule has 0 aliphatic carbocycles. The minimum Gasteiger partial charge on any atom is -0.374 e. The summed E-state index contributed by atoms with van der Waals surface area (Å²) in [4.78, 5) is 27.3. The second-order valence-electron chi connectivity index (χ2n) is 9.37. The number of nitrogens with one attached hydrogen (secondary N) is 1. The van der Waals surface area contributed by atoms with E-state index in [-0.39, 0.29) is 34.3 Å². The number of carbonyl (C=O) groups is 2. The van der Waals surface area contributed by atoms with Crippen LogP contribution in [0, 0.1) is 0 Å². The van der Waals surface area contributed by atoms with Gasteiger partial charge in [0.15, 0.2) is 0 Å². The van der Waals surface area contributed by atoms with Gasteiger partial charge in [0, 0.05) is 35.5 Å². The minimum atomic E-state index is -5.56. The number of Topliss-reactive ketones (excluding diaryl/α,β-unsaturated/α-hetero) is 1. The Balaban J connectivity index is 1.80. The van der Waals surface area contributed by atoms with Crippen LogP contribution in [0.4, 0.5) is 52.7 Å². The van der Waals surface area contributed by atoms with Gasteiger partial charge in [-0.3, -0.25) is 9.59 Å². The monoisotopic (exact) mass is 717 g/mol. The van der Waals surface area contributed by atoms with Crippen LogP contribution in [-0.2, 0) is 49.1 Å². The van der Waals surface area contributed by atoms with Crippen LogP contribution in [0.3, 0.4) is 0 Å². The molecular formula is C25H16ClF12N3O4S. The van der Waals surface area contributed by atoms with E-state index in [0.29, 0.717) is 5.37 Å². The number of ketones is 1. The van der Waals surface area contributed by atoms with Gasteiger partial charge in [0.25, 0.3) is 11.5 Å². The summed E-state index contributed by atoms with van der Waals surface area (Å²) in [6, 6.07) is 2.75. The molecule has 1 atom stereocenters. The first-order chi connectivity index (χ1) is 20.9. The zero-order valence-electron chi connectivity index (χ0n) is 22.2. The smallest absolute Gasteiger partial charge is 0.374 e. The van der Waals surface area contributed by atoms with E-state index in [4.69, 9.17) is 11.6 Å². The van der Waals surface area contributed by atoms with Crippen molar-refractivity contribution in [3.63, 3.8) is 0 Å². The van der Waals surface area contributed by atoms with E-state index < -0.39 is 101 Å². The SMILES string of the molecule is O=C(C=S(=O)=NCCC(=O)C(F)(F)F)NCc1ccc(C2=NOC(c3cc(C(F)(F)F)cc(C(F)(F)F)c3)(C(F)(F)F)C2)cc1Cl. The zero-order chi connectivity index (χ0) is 34.9. The molecule has 0 spiro atoms. The molecule has 1 N–H and O–H groups in total. The number of rotatable bonds is 8. The molecule has 1 amide bonds. The van der Waals surface area contributed by atoms with Gasteiger partial charge in [-0.15, -0.1) is 0 Å². The third-order valence-corrected chi connectivity index (χ3v) is 7.37. The molecule has 3 rings (SSSR count). The Labute approximate surface area is 256 Å². The van der Waals surface area contributed by atoms with Crippen LogP contribution < -0.4 is 5.32 Å². The molecule has 0 saturated carbocycles. The van der Waals surface area contributed by atoms with Gasteiger partial charge < -0.3 is 10.2 Å². The summed E-state index contributed by atoms with van der Waals surface area (Å²) in [5.41, 5.74) is -9.85. The van der Waals surface area contributed by atoms with Gasteiger partial charge in [0.2, 0.25) is 5.78 Å². The molecule has 0 bridgehead atoms. The molecule has 252 valence electrons. The first kappa shape index (κ1) is 36.7. The topological polar surface area (TPSA) is 97.2 Å². The van der Waals surface area contributed by atoms with Crippen LogP contribution in [0.15, 0.2) is 45.9 Å². The van der Waals surface area contributed by atoms with Crippen LogP contribution >= 0.6 is 11.6 Å². The van der Waals surface area contributed by atoms with Crippen LogP contribution in [0.2, 0.25) is 5.02 Å². The maximum atomic E-state index is 14.3. The van der Waals surface area contributed by atoms with Gasteiger partial charge in [-0.25, -0.2) is 8.57 Å². The summed E-state index contributed by atoms with van der Waals surface area (Å²) in [5.74, 6) is -3.14. The van der Waals surface area contributed by atoms with Crippen LogP contribution in [0.1, 0.15) is 40.7 Å². The quantitative estimate of drug-likeness (QED) is 0.239. The van der Waals surface area contributed by atoms with Gasteiger partial charge in [0.1, 0.15) is 15.6 Å². The highest BCUT2D eigenvalue weighted by atomic mass is 35.5. The minimum absolute atomic E-state index is 0.111. The molecule has 1 aliphatic heterocycles. The third-order valence-electron chi connectivity index (χ3n) is 6.16. The van der Waals surface area contributed by atoms with Gasteiger partial charge in [0.05, 0.1) is 23.4 Å². The van der Waals surface area contributed by atoms with Crippen molar-refractivity contribution in [2.24, 2.45) is 9.52 Å². The predicted molar refractivity (Wildman–Crippen MR) is 137 cm³/mol. The summed E-state index contributed by atoms with van der Waals surface area (Å²) in [6.07, 6.45) is -24.0. The number of hydrogen-bond donors (Lipinski definition) is 1. The fraction of sp³-hybridized carbons (Fsp3) is 0.360. The number of benzene rings is 2. The van der Waals surface area contributed by atoms with Crippen molar-refractivity contribution in [3.05, 3.63) is 69.2 Å². The Morgan fingerprint density at radius 2 is 1.54 bits per heavy atom. The lowest BCUT2D eigenvalue weighted by molar-refractivity contribution is -0.276. The number of halogens is 13. The van der Waals surface area contributed by atoms with Crippen molar-refractivity contribution < 1.29 is 71.3 Å². The molecule has 1 aliphatic rings. The number of amides is 1. The highest BCUT2D eigenvalue weighted by molar-refractivity contribution is 7.75. The molecule has 0 fully saturated rings. The lowest BCUT2D eigenvalue weighted by atomic mass is 9.84. The standard InChI is InChI=1S/C25H16ClF12N3O4S/c26-17-5-12(1-2-13(17)10-39-20(43)11-46(44)40-4-3-19(42)24(33,34)35)18-9-21(45-41-18,25(36,37)38)14-6-15(22(27,28)29)8-16(7-14)23(30,31)32/h1-2,5-8,11H,3-4,9-10H2,(H,39,43). The largest absolute Gasteiger partial charge is 0.450 e. The first-order valence-corrected chi connectivity index (χ1v) is 13.7. The Morgan fingerprint density at radius 1 is 0.957 bits per heavy atom. The third kappa shape index (κ3) is 8.71. The van der Waals surface area contributed by atoms with E-state index in [0.717, 1.165) is 12.1 Å². The molecule has 46 heavy (non-hydrogen) atoms. The van der Waals surface area contributed by atoms with E-state index in [1.165, 1.54) is 6.07 Å². The fourth-order valence-electron chi connectivity index (χ4n) is 3.85. The number of hydrogen-bond acceptors (Lipinski definition) is 6. The van der Waals surface area contributed by atoms with E-state index in [1.807, 2.05) is 0 Å². The van der Waals surface area contributed by atoms with Gasteiger partial charge in [-0.2, -0.15) is 52.7 Å².